The van der Waals surface area contributed by atoms with Gasteiger partial charge in [0.15, 0.2) is 11.6 Å². The standard InChI is InChI=1S/C31H37FO/c1-3-33-31-20-19-29(22-30(31)32)28-17-15-25(16-18-28)10-9-24-11-13-26(14-12-24)21-23(2)27-7-5-4-6-8-27/h4-8,15-20,22-24,26H,3,9-14,21H2,1-2H3. The Kier molecular flexibility index (Phi) is 8.20. The summed E-state index contributed by atoms with van der Waals surface area (Å²) in [6, 6.07) is 24.8. The third-order valence-electron chi connectivity index (χ3n) is 7.38. The fraction of sp³-hybridized carbons (Fsp3) is 0.419. The predicted octanol–water partition coefficient (Wildman–Crippen LogP) is 8.82. The van der Waals surface area contributed by atoms with Crippen LogP contribution in [0.5, 0.6) is 5.75 Å². The maximum atomic E-state index is 14.2. The molecule has 174 valence electrons. The van der Waals surface area contributed by atoms with E-state index in [4.69, 9.17) is 4.74 Å². The van der Waals surface area contributed by atoms with Gasteiger partial charge in [-0.3, -0.25) is 0 Å². The van der Waals surface area contributed by atoms with Crippen LogP contribution < -0.4 is 4.74 Å². The largest absolute Gasteiger partial charge is 0.491 e. The van der Waals surface area contributed by atoms with E-state index in [9.17, 15) is 4.39 Å². The Morgan fingerprint density at radius 1 is 0.848 bits per heavy atom. The summed E-state index contributed by atoms with van der Waals surface area (Å²) in [6.07, 6.45) is 9.23. The summed E-state index contributed by atoms with van der Waals surface area (Å²) in [6.45, 7) is 4.72. The maximum Gasteiger partial charge on any atom is 0.165 e. The molecule has 0 N–H and O–H groups in total. The smallest absolute Gasteiger partial charge is 0.165 e. The van der Waals surface area contributed by atoms with Crippen molar-refractivity contribution < 1.29 is 9.13 Å². The highest BCUT2D eigenvalue weighted by atomic mass is 19.1. The van der Waals surface area contributed by atoms with Gasteiger partial charge >= 0.3 is 0 Å². The van der Waals surface area contributed by atoms with E-state index in [0.29, 0.717) is 18.3 Å². The van der Waals surface area contributed by atoms with E-state index in [2.05, 4.69) is 61.5 Å². The average molecular weight is 445 g/mol. The van der Waals surface area contributed by atoms with E-state index in [1.54, 1.807) is 12.1 Å². The number of rotatable bonds is 9. The number of hydrogen-bond donors (Lipinski definition) is 0. The molecule has 2 heteroatoms. The molecule has 0 radical (unpaired) electrons. The zero-order valence-electron chi connectivity index (χ0n) is 20.1. The third-order valence-corrected chi connectivity index (χ3v) is 7.38. The van der Waals surface area contributed by atoms with Crippen molar-refractivity contribution in [3.63, 3.8) is 0 Å². The van der Waals surface area contributed by atoms with E-state index in [-0.39, 0.29) is 5.82 Å². The van der Waals surface area contributed by atoms with Crippen molar-refractivity contribution in [2.24, 2.45) is 11.8 Å². The van der Waals surface area contributed by atoms with Gasteiger partial charge in [0.1, 0.15) is 0 Å². The lowest BCUT2D eigenvalue weighted by atomic mass is 9.75. The van der Waals surface area contributed by atoms with Gasteiger partial charge < -0.3 is 4.74 Å². The highest BCUT2D eigenvalue weighted by Gasteiger charge is 2.23. The van der Waals surface area contributed by atoms with Crippen LogP contribution in [0.15, 0.2) is 72.8 Å². The Bertz CT molecular complexity index is 987. The lowest BCUT2D eigenvalue weighted by Gasteiger charge is -2.30. The molecule has 1 saturated carbocycles. The van der Waals surface area contributed by atoms with Gasteiger partial charge in [-0.15, -0.1) is 0 Å². The van der Waals surface area contributed by atoms with E-state index in [1.807, 2.05) is 13.0 Å². The Hall–Kier alpha value is -2.61. The summed E-state index contributed by atoms with van der Waals surface area (Å²) in [4.78, 5) is 0. The molecule has 1 aliphatic carbocycles. The van der Waals surface area contributed by atoms with Gasteiger partial charge in [0.2, 0.25) is 0 Å². The molecule has 0 aromatic heterocycles. The molecule has 0 saturated heterocycles. The first-order valence-corrected chi connectivity index (χ1v) is 12.7. The van der Waals surface area contributed by atoms with Crippen molar-refractivity contribution in [2.45, 2.75) is 64.7 Å². The van der Waals surface area contributed by atoms with Gasteiger partial charge in [-0.25, -0.2) is 4.39 Å². The molecule has 3 aromatic rings. The molecule has 4 rings (SSSR count). The summed E-state index contributed by atoms with van der Waals surface area (Å²) in [5.74, 6) is 2.42. The minimum atomic E-state index is -0.299. The molecular weight excluding hydrogens is 407 g/mol. The molecule has 1 unspecified atom stereocenters. The van der Waals surface area contributed by atoms with Gasteiger partial charge in [-0.2, -0.15) is 0 Å². The molecule has 3 aromatic carbocycles. The summed E-state index contributed by atoms with van der Waals surface area (Å²) >= 11 is 0. The highest BCUT2D eigenvalue weighted by Crippen LogP contribution is 2.37. The Morgan fingerprint density at radius 2 is 1.52 bits per heavy atom. The van der Waals surface area contributed by atoms with Gasteiger partial charge in [0, 0.05) is 0 Å². The van der Waals surface area contributed by atoms with Crippen LogP contribution in [0.25, 0.3) is 11.1 Å². The Morgan fingerprint density at radius 3 is 2.18 bits per heavy atom. The Labute approximate surface area is 199 Å². The Balaban J connectivity index is 1.23. The predicted molar refractivity (Wildman–Crippen MR) is 136 cm³/mol. The highest BCUT2D eigenvalue weighted by molar-refractivity contribution is 5.64. The molecule has 1 nitrogen and oxygen atoms in total. The number of benzene rings is 3. The fourth-order valence-corrected chi connectivity index (χ4v) is 5.36. The van der Waals surface area contributed by atoms with E-state index in [0.717, 1.165) is 29.4 Å². The van der Waals surface area contributed by atoms with E-state index in [1.165, 1.54) is 49.7 Å². The van der Waals surface area contributed by atoms with Crippen molar-refractivity contribution in [3.05, 3.63) is 89.7 Å². The van der Waals surface area contributed by atoms with Crippen molar-refractivity contribution >= 4 is 0 Å². The van der Waals surface area contributed by atoms with Crippen molar-refractivity contribution in [1.29, 1.82) is 0 Å². The first kappa shape index (κ1) is 23.5. The number of hydrogen-bond acceptors (Lipinski definition) is 1. The molecular formula is C31H37FO. The van der Waals surface area contributed by atoms with Gasteiger partial charge in [-0.1, -0.05) is 93.3 Å². The lowest BCUT2D eigenvalue weighted by Crippen LogP contribution is -2.16. The van der Waals surface area contributed by atoms with E-state index >= 15 is 0 Å². The molecule has 0 bridgehead atoms. The van der Waals surface area contributed by atoms with Gasteiger partial charge in [0.05, 0.1) is 6.61 Å². The van der Waals surface area contributed by atoms with Gasteiger partial charge in [-0.05, 0) is 78.3 Å². The fourth-order valence-electron chi connectivity index (χ4n) is 5.36. The molecule has 1 fully saturated rings. The molecule has 0 aliphatic heterocycles. The summed E-state index contributed by atoms with van der Waals surface area (Å²) in [5.41, 5.74) is 4.81. The van der Waals surface area contributed by atoms with Crippen LogP contribution in [0.3, 0.4) is 0 Å². The molecule has 1 atom stereocenters. The van der Waals surface area contributed by atoms with Crippen molar-refractivity contribution in [2.75, 3.05) is 6.61 Å². The zero-order valence-corrected chi connectivity index (χ0v) is 20.1. The molecule has 0 amide bonds. The van der Waals surface area contributed by atoms with Crippen LogP contribution in [0.4, 0.5) is 4.39 Å². The lowest BCUT2D eigenvalue weighted by molar-refractivity contribution is 0.245. The summed E-state index contributed by atoms with van der Waals surface area (Å²) in [5, 5.41) is 0. The van der Waals surface area contributed by atoms with Gasteiger partial charge in [0.25, 0.3) is 0 Å². The normalized spacial score (nSPS) is 19.2. The minimum Gasteiger partial charge on any atom is -0.491 e. The van der Waals surface area contributed by atoms with Crippen LogP contribution in [0.2, 0.25) is 0 Å². The SMILES string of the molecule is CCOc1ccc(-c2ccc(CCC3CCC(CC(C)c4ccccc4)CC3)cc2)cc1F. The van der Waals surface area contributed by atoms with Crippen molar-refractivity contribution in [1.82, 2.24) is 0 Å². The first-order valence-electron chi connectivity index (χ1n) is 12.7. The van der Waals surface area contributed by atoms with Crippen molar-refractivity contribution in [3.8, 4) is 16.9 Å². The average Bonchev–Trinajstić information content (AvgIpc) is 2.86. The summed E-state index contributed by atoms with van der Waals surface area (Å²) < 4.78 is 19.5. The zero-order chi connectivity index (χ0) is 23.0. The topological polar surface area (TPSA) is 9.23 Å². The molecule has 1 aliphatic rings. The second kappa shape index (κ2) is 11.5. The summed E-state index contributed by atoms with van der Waals surface area (Å²) in [7, 11) is 0. The third kappa shape index (κ3) is 6.47. The molecule has 0 spiro atoms. The second-order valence-electron chi connectivity index (χ2n) is 9.75. The molecule has 0 heterocycles. The van der Waals surface area contributed by atoms with Crippen LogP contribution in [-0.2, 0) is 6.42 Å². The number of ether oxygens (including phenoxy) is 1. The van der Waals surface area contributed by atoms with Crippen LogP contribution in [0.1, 0.15) is 69.4 Å². The number of aryl methyl sites for hydroxylation is 1. The first-order chi connectivity index (χ1) is 16.1. The maximum absolute atomic E-state index is 14.2. The van der Waals surface area contributed by atoms with Crippen LogP contribution in [0, 0.1) is 17.7 Å². The molecule has 33 heavy (non-hydrogen) atoms. The van der Waals surface area contributed by atoms with Crippen LogP contribution in [-0.4, -0.2) is 6.61 Å². The van der Waals surface area contributed by atoms with E-state index < -0.39 is 0 Å². The quantitative estimate of drug-likeness (QED) is 0.320. The van der Waals surface area contributed by atoms with Crippen LogP contribution >= 0.6 is 0 Å². The monoisotopic (exact) mass is 444 g/mol. The number of halogens is 1. The second-order valence-corrected chi connectivity index (χ2v) is 9.75. The minimum absolute atomic E-state index is 0.299.